The van der Waals surface area contributed by atoms with Gasteiger partial charge in [-0.1, -0.05) is 22.6 Å². The van der Waals surface area contributed by atoms with Gasteiger partial charge in [0, 0.05) is 0 Å². The molecule has 8 nitrogen and oxygen atoms in total. The summed E-state index contributed by atoms with van der Waals surface area (Å²) in [6.45, 7) is 5.09. The number of carbonyl (C=O) groups is 3. The van der Waals surface area contributed by atoms with E-state index < -0.39 is 11.9 Å². The zero-order valence-corrected chi connectivity index (χ0v) is 16.2. The van der Waals surface area contributed by atoms with Crippen molar-refractivity contribution in [3.8, 4) is 0 Å². The number of hydrogen-bond acceptors (Lipinski definition) is 8. The van der Waals surface area contributed by atoms with E-state index in [1.54, 1.807) is 13.8 Å². The minimum Gasteiger partial charge on any atom is -0.463 e. The first kappa shape index (κ1) is 23.1. The summed E-state index contributed by atoms with van der Waals surface area (Å²) in [7, 11) is 0. The fourth-order valence-corrected chi connectivity index (χ4v) is 1.61. The average Bonchev–Trinajstić information content (AvgIpc) is 2.53. The summed E-state index contributed by atoms with van der Waals surface area (Å²) >= 11 is 1.92. The van der Waals surface area contributed by atoms with Crippen LogP contribution in [0.25, 0.3) is 0 Å². The third-order valence-corrected chi connectivity index (χ3v) is 2.99. The van der Waals surface area contributed by atoms with Gasteiger partial charge in [0.2, 0.25) is 0 Å². The van der Waals surface area contributed by atoms with E-state index >= 15 is 0 Å². The van der Waals surface area contributed by atoms with E-state index in [0.29, 0.717) is 24.2 Å². The number of esters is 3. The Labute approximate surface area is 155 Å². The van der Waals surface area contributed by atoms with E-state index in [2.05, 4.69) is 0 Å². The first-order valence-electron chi connectivity index (χ1n) is 7.68. The number of carbonyl (C=O) groups excluding carboxylic acids is 3. The Morgan fingerprint density at radius 2 is 1.21 bits per heavy atom. The van der Waals surface area contributed by atoms with Crippen LogP contribution in [0.15, 0.2) is 0 Å². The van der Waals surface area contributed by atoms with Crippen molar-refractivity contribution < 1.29 is 38.1 Å². The number of rotatable bonds is 14. The molecule has 140 valence electrons. The Morgan fingerprint density at radius 3 is 1.71 bits per heavy atom. The Kier molecular flexibility index (Phi) is 15.0. The molecule has 0 rings (SSSR count). The second kappa shape index (κ2) is 15.6. The maximum Gasteiger partial charge on any atom is 0.315 e. The smallest absolute Gasteiger partial charge is 0.315 e. The third kappa shape index (κ3) is 15.9. The number of alkyl halides is 1. The largest absolute Gasteiger partial charge is 0.463 e. The van der Waals surface area contributed by atoms with Gasteiger partial charge >= 0.3 is 17.9 Å². The van der Waals surface area contributed by atoms with Crippen molar-refractivity contribution in [2.24, 2.45) is 0 Å². The molecule has 0 atom stereocenters. The van der Waals surface area contributed by atoms with Crippen LogP contribution >= 0.6 is 22.6 Å². The molecule has 0 spiro atoms. The minimum absolute atomic E-state index is 0.00778. The van der Waals surface area contributed by atoms with E-state index in [-0.39, 0.29) is 44.7 Å². The zero-order chi connectivity index (χ0) is 18.2. The molecule has 0 bridgehead atoms. The van der Waals surface area contributed by atoms with Gasteiger partial charge in [0.1, 0.15) is 13.2 Å². The Balaban J connectivity index is 3.33. The lowest BCUT2D eigenvalue weighted by Gasteiger charge is -2.08. The highest BCUT2D eigenvalue weighted by atomic mass is 127. The summed E-state index contributed by atoms with van der Waals surface area (Å²) in [5.41, 5.74) is 0. The van der Waals surface area contributed by atoms with Crippen molar-refractivity contribution in [2.75, 3.05) is 44.1 Å². The van der Waals surface area contributed by atoms with Crippen LogP contribution in [0.5, 0.6) is 0 Å². The van der Waals surface area contributed by atoms with Gasteiger partial charge in [-0.2, -0.15) is 0 Å². The Hall–Kier alpha value is -0.940. The van der Waals surface area contributed by atoms with E-state index in [1.165, 1.54) is 0 Å². The van der Waals surface area contributed by atoms with E-state index in [1.807, 2.05) is 22.6 Å². The molecule has 0 aliphatic heterocycles. The fraction of sp³-hybridized carbons (Fsp3) is 0.800. The normalized spacial score (nSPS) is 10.5. The summed E-state index contributed by atoms with van der Waals surface area (Å²) in [6, 6.07) is 0. The van der Waals surface area contributed by atoms with E-state index in [9.17, 15) is 14.4 Å². The highest BCUT2D eigenvalue weighted by Gasteiger charge is 2.10. The molecule has 0 aromatic rings. The molecule has 24 heavy (non-hydrogen) atoms. The van der Waals surface area contributed by atoms with Gasteiger partial charge in [0.25, 0.3) is 0 Å². The van der Waals surface area contributed by atoms with Crippen molar-refractivity contribution in [3.05, 3.63) is 0 Å². The maximum absolute atomic E-state index is 11.4. The molecule has 9 heteroatoms. The maximum atomic E-state index is 11.4. The van der Waals surface area contributed by atoms with Gasteiger partial charge in [-0.3, -0.25) is 14.4 Å². The molecule has 0 radical (unpaired) electrons. The third-order valence-electron chi connectivity index (χ3n) is 2.36. The number of hydrogen-bond donors (Lipinski definition) is 0. The molecule has 0 fully saturated rings. The molecule has 0 saturated carbocycles. The van der Waals surface area contributed by atoms with Crippen LogP contribution in [-0.2, 0) is 38.1 Å². The lowest BCUT2D eigenvalue weighted by molar-refractivity contribution is -0.153. The second-order valence-electron chi connectivity index (χ2n) is 4.84. The van der Waals surface area contributed by atoms with Crippen LogP contribution in [0.2, 0.25) is 0 Å². The SMILES string of the molecule is CC(C)OC(=O)CCC(=O)OCCOCCOCCOC(=O)CI. The van der Waals surface area contributed by atoms with E-state index in [0.717, 1.165) is 0 Å². The highest BCUT2D eigenvalue weighted by Crippen LogP contribution is 1.99. The summed E-state index contributed by atoms with van der Waals surface area (Å²) in [6.07, 6.45) is -0.194. The van der Waals surface area contributed by atoms with Crippen LogP contribution < -0.4 is 0 Å². The van der Waals surface area contributed by atoms with Crippen LogP contribution in [0.3, 0.4) is 0 Å². The molecule has 0 saturated heterocycles. The summed E-state index contributed by atoms with van der Waals surface area (Å²) in [4.78, 5) is 33.4. The molecular formula is C15H25IO8. The van der Waals surface area contributed by atoms with Gasteiger partial charge in [-0.15, -0.1) is 0 Å². The van der Waals surface area contributed by atoms with Crippen molar-refractivity contribution >= 4 is 40.5 Å². The molecule has 0 aromatic heterocycles. The van der Waals surface area contributed by atoms with Crippen LogP contribution in [0.4, 0.5) is 0 Å². The zero-order valence-electron chi connectivity index (χ0n) is 14.1. The molecule has 0 unspecified atom stereocenters. The van der Waals surface area contributed by atoms with Gasteiger partial charge in [0.05, 0.1) is 49.8 Å². The monoisotopic (exact) mass is 460 g/mol. The van der Waals surface area contributed by atoms with Crippen molar-refractivity contribution in [1.82, 2.24) is 0 Å². The molecule has 0 aliphatic rings. The minimum atomic E-state index is -0.465. The quantitative estimate of drug-likeness (QED) is 0.126. The predicted molar refractivity (Wildman–Crippen MR) is 92.9 cm³/mol. The van der Waals surface area contributed by atoms with Crippen LogP contribution in [-0.4, -0.2) is 68.1 Å². The van der Waals surface area contributed by atoms with Gasteiger partial charge in [0.15, 0.2) is 0 Å². The van der Waals surface area contributed by atoms with Crippen molar-refractivity contribution in [2.45, 2.75) is 32.8 Å². The highest BCUT2D eigenvalue weighted by molar-refractivity contribution is 14.1. The summed E-state index contributed by atoms with van der Waals surface area (Å²) < 4.78 is 25.4. The predicted octanol–water partition coefficient (Wildman–Crippen LogP) is 1.27. The fourth-order valence-electron chi connectivity index (χ4n) is 1.39. The molecular weight excluding hydrogens is 435 g/mol. The molecule has 0 heterocycles. The topological polar surface area (TPSA) is 97.4 Å². The Morgan fingerprint density at radius 1 is 0.750 bits per heavy atom. The molecule has 0 N–H and O–H groups in total. The number of halogens is 1. The number of ether oxygens (including phenoxy) is 5. The lowest BCUT2D eigenvalue weighted by atomic mass is 10.3. The standard InChI is InChI=1S/C15H25IO8/c1-12(2)24-14(18)4-3-13(17)22-9-7-20-5-6-21-8-10-23-15(19)11-16/h12H,3-11H2,1-2H3. The summed E-state index contributed by atoms with van der Waals surface area (Å²) in [5.74, 6) is -1.15. The van der Waals surface area contributed by atoms with Crippen LogP contribution in [0.1, 0.15) is 26.7 Å². The van der Waals surface area contributed by atoms with Crippen molar-refractivity contribution in [3.63, 3.8) is 0 Å². The summed E-state index contributed by atoms with van der Waals surface area (Å²) in [5, 5.41) is 0. The first-order chi connectivity index (χ1) is 11.5. The van der Waals surface area contributed by atoms with Crippen LogP contribution in [0, 0.1) is 0 Å². The lowest BCUT2D eigenvalue weighted by Crippen LogP contribution is -2.16. The average molecular weight is 460 g/mol. The molecule has 0 amide bonds. The van der Waals surface area contributed by atoms with Gasteiger partial charge in [-0.25, -0.2) is 0 Å². The van der Waals surface area contributed by atoms with Gasteiger partial charge in [-0.05, 0) is 13.8 Å². The second-order valence-corrected chi connectivity index (χ2v) is 5.60. The first-order valence-corrected chi connectivity index (χ1v) is 9.20. The van der Waals surface area contributed by atoms with Gasteiger partial charge < -0.3 is 23.7 Å². The molecule has 0 aliphatic carbocycles. The molecule has 0 aromatic carbocycles. The van der Waals surface area contributed by atoms with Crippen molar-refractivity contribution in [1.29, 1.82) is 0 Å². The Bertz CT molecular complexity index is 372. The van der Waals surface area contributed by atoms with E-state index in [4.69, 9.17) is 23.7 Å².